The number of carboxylic acid groups (broad SMARTS) is 1. The molecule has 0 radical (unpaired) electrons. The van der Waals surface area contributed by atoms with Crippen LogP contribution in [0.2, 0.25) is 0 Å². The Kier molecular flexibility index (Phi) is 8.31. The Labute approximate surface area is 119 Å². The average molecular weight is 271 g/mol. The van der Waals surface area contributed by atoms with Crippen LogP contribution in [-0.4, -0.2) is 35.6 Å². The fourth-order valence-corrected chi connectivity index (χ4v) is 1.76. The number of hydrogen-bond acceptors (Lipinski definition) is 2. The first-order valence-corrected chi connectivity index (χ1v) is 7.61. The van der Waals surface area contributed by atoms with Gasteiger partial charge in [-0.3, -0.25) is 4.79 Å². The summed E-state index contributed by atoms with van der Waals surface area (Å²) in [5.74, 6) is 0.711. The standard InChI is InChI=1S/C16H33NO2/c1-13(2)7-10-17(11-8-14(3)4)12-9-16(5,6)15(18)19/h13-14H,7-12H2,1-6H3,(H,18,19). The van der Waals surface area contributed by atoms with Gasteiger partial charge < -0.3 is 10.0 Å². The van der Waals surface area contributed by atoms with Crippen molar-refractivity contribution in [1.29, 1.82) is 0 Å². The van der Waals surface area contributed by atoms with Gasteiger partial charge in [0.25, 0.3) is 0 Å². The van der Waals surface area contributed by atoms with Crippen molar-refractivity contribution in [2.45, 2.75) is 60.8 Å². The van der Waals surface area contributed by atoms with Crippen LogP contribution >= 0.6 is 0 Å². The number of rotatable bonds is 10. The van der Waals surface area contributed by atoms with Gasteiger partial charge in [0, 0.05) is 0 Å². The quantitative estimate of drug-likeness (QED) is 0.655. The summed E-state index contributed by atoms with van der Waals surface area (Å²) in [4.78, 5) is 13.6. The lowest BCUT2D eigenvalue weighted by atomic mass is 9.89. The summed E-state index contributed by atoms with van der Waals surface area (Å²) in [6.07, 6.45) is 3.09. The highest BCUT2D eigenvalue weighted by Crippen LogP contribution is 2.21. The van der Waals surface area contributed by atoms with Crippen molar-refractivity contribution in [3.05, 3.63) is 0 Å². The van der Waals surface area contributed by atoms with Crippen molar-refractivity contribution >= 4 is 5.97 Å². The molecule has 0 aromatic rings. The SMILES string of the molecule is CC(C)CCN(CCC(C)C)CCC(C)(C)C(=O)O. The molecule has 0 rings (SSSR count). The smallest absolute Gasteiger partial charge is 0.309 e. The van der Waals surface area contributed by atoms with Gasteiger partial charge in [-0.1, -0.05) is 27.7 Å². The Bertz CT molecular complexity index is 247. The zero-order valence-corrected chi connectivity index (χ0v) is 13.7. The maximum atomic E-state index is 11.1. The molecular weight excluding hydrogens is 238 g/mol. The molecule has 0 spiro atoms. The van der Waals surface area contributed by atoms with Gasteiger partial charge >= 0.3 is 5.97 Å². The van der Waals surface area contributed by atoms with Crippen molar-refractivity contribution in [3.8, 4) is 0 Å². The Balaban J connectivity index is 4.28. The number of carboxylic acids is 1. The summed E-state index contributed by atoms with van der Waals surface area (Å²) in [6, 6.07) is 0. The summed E-state index contributed by atoms with van der Waals surface area (Å²) < 4.78 is 0. The van der Waals surface area contributed by atoms with E-state index in [1.807, 2.05) is 13.8 Å². The van der Waals surface area contributed by atoms with Crippen LogP contribution < -0.4 is 0 Å². The van der Waals surface area contributed by atoms with E-state index in [4.69, 9.17) is 0 Å². The van der Waals surface area contributed by atoms with Crippen LogP contribution in [-0.2, 0) is 4.79 Å². The van der Waals surface area contributed by atoms with E-state index in [9.17, 15) is 9.90 Å². The molecule has 0 bridgehead atoms. The monoisotopic (exact) mass is 271 g/mol. The second kappa shape index (κ2) is 8.57. The molecule has 114 valence electrons. The van der Waals surface area contributed by atoms with Crippen LogP contribution in [0.1, 0.15) is 60.8 Å². The van der Waals surface area contributed by atoms with E-state index in [-0.39, 0.29) is 0 Å². The molecule has 0 aromatic carbocycles. The molecule has 3 nitrogen and oxygen atoms in total. The first-order chi connectivity index (χ1) is 8.65. The first-order valence-electron chi connectivity index (χ1n) is 7.61. The Morgan fingerprint density at radius 3 is 1.74 bits per heavy atom. The van der Waals surface area contributed by atoms with Gasteiger partial charge in [-0.2, -0.15) is 0 Å². The van der Waals surface area contributed by atoms with Gasteiger partial charge in [-0.15, -0.1) is 0 Å². The van der Waals surface area contributed by atoms with Crippen LogP contribution in [0.4, 0.5) is 0 Å². The number of nitrogens with zero attached hydrogens (tertiary/aromatic N) is 1. The van der Waals surface area contributed by atoms with Crippen LogP contribution in [0.15, 0.2) is 0 Å². The number of aliphatic carboxylic acids is 1. The van der Waals surface area contributed by atoms with Crippen LogP contribution in [0.5, 0.6) is 0 Å². The molecule has 0 saturated carbocycles. The summed E-state index contributed by atoms with van der Waals surface area (Å²) in [6.45, 7) is 15.6. The molecule has 0 amide bonds. The molecule has 0 aromatic heterocycles. The van der Waals surface area contributed by atoms with Gasteiger partial charge in [-0.25, -0.2) is 0 Å². The minimum Gasteiger partial charge on any atom is -0.481 e. The maximum Gasteiger partial charge on any atom is 0.309 e. The highest BCUT2D eigenvalue weighted by molar-refractivity contribution is 5.73. The van der Waals surface area contributed by atoms with E-state index in [0.29, 0.717) is 11.8 Å². The van der Waals surface area contributed by atoms with Gasteiger partial charge in [-0.05, 0) is 64.6 Å². The summed E-state index contributed by atoms with van der Waals surface area (Å²) in [7, 11) is 0. The molecule has 0 aliphatic heterocycles. The Morgan fingerprint density at radius 2 is 1.42 bits per heavy atom. The lowest BCUT2D eigenvalue weighted by Crippen LogP contribution is -2.34. The van der Waals surface area contributed by atoms with Crippen LogP contribution in [0.25, 0.3) is 0 Å². The first kappa shape index (κ1) is 18.4. The molecule has 19 heavy (non-hydrogen) atoms. The molecule has 0 aliphatic carbocycles. The highest BCUT2D eigenvalue weighted by Gasteiger charge is 2.27. The molecule has 0 saturated heterocycles. The van der Waals surface area contributed by atoms with E-state index in [0.717, 1.165) is 26.1 Å². The molecule has 0 unspecified atom stereocenters. The Morgan fingerprint density at radius 1 is 1.00 bits per heavy atom. The minimum atomic E-state index is -0.694. The molecular formula is C16H33NO2. The van der Waals surface area contributed by atoms with Crippen molar-refractivity contribution in [1.82, 2.24) is 4.90 Å². The van der Waals surface area contributed by atoms with E-state index >= 15 is 0 Å². The van der Waals surface area contributed by atoms with Crippen molar-refractivity contribution in [2.24, 2.45) is 17.3 Å². The Hall–Kier alpha value is -0.570. The zero-order valence-electron chi connectivity index (χ0n) is 13.7. The average Bonchev–Trinajstić information content (AvgIpc) is 2.27. The van der Waals surface area contributed by atoms with Gasteiger partial charge in [0.1, 0.15) is 0 Å². The number of hydrogen-bond donors (Lipinski definition) is 1. The third-order valence-electron chi connectivity index (χ3n) is 3.68. The molecule has 0 aliphatic rings. The lowest BCUT2D eigenvalue weighted by Gasteiger charge is -2.28. The summed E-state index contributed by atoms with van der Waals surface area (Å²) >= 11 is 0. The molecule has 0 fully saturated rings. The van der Waals surface area contributed by atoms with Gasteiger partial charge in [0.2, 0.25) is 0 Å². The fraction of sp³-hybridized carbons (Fsp3) is 0.938. The number of carbonyl (C=O) groups is 1. The van der Waals surface area contributed by atoms with Gasteiger partial charge in [0.15, 0.2) is 0 Å². The van der Waals surface area contributed by atoms with Crippen molar-refractivity contribution in [2.75, 3.05) is 19.6 Å². The predicted octanol–water partition coefficient (Wildman–Crippen LogP) is 3.88. The summed E-state index contributed by atoms with van der Waals surface area (Å²) in [5, 5.41) is 9.17. The molecule has 0 heterocycles. The third-order valence-corrected chi connectivity index (χ3v) is 3.68. The fourth-order valence-electron chi connectivity index (χ4n) is 1.76. The second-order valence-corrected chi connectivity index (χ2v) is 7.15. The van der Waals surface area contributed by atoms with E-state index in [1.54, 1.807) is 0 Å². The zero-order chi connectivity index (χ0) is 15.1. The third kappa shape index (κ3) is 9.04. The highest BCUT2D eigenvalue weighted by atomic mass is 16.4. The lowest BCUT2D eigenvalue weighted by molar-refractivity contribution is -0.147. The van der Waals surface area contributed by atoms with Crippen LogP contribution in [0.3, 0.4) is 0 Å². The molecule has 1 N–H and O–H groups in total. The van der Waals surface area contributed by atoms with Crippen molar-refractivity contribution < 1.29 is 9.90 Å². The van der Waals surface area contributed by atoms with E-state index in [2.05, 4.69) is 32.6 Å². The predicted molar refractivity (Wildman–Crippen MR) is 81.4 cm³/mol. The van der Waals surface area contributed by atoms with Gasteiger partial charge in [0.05, 0.1) is 5.41 Å². The van der Waals surface area contributed by atoms with E-state index in [1.165, 1.54) is 12.8 Å². The topological polar surface area (TPSA) is 40.5 Å². The minimum absolute atomic E-state index is 0.617. The summed E-state index contributed by atoms with van der Waals surface area (Å²) in [5.41, 5.74) is -0.617. The molecule has 0 atom stereocenters. The molecule has 3 heteroatoms. The maximum absolute atomic E-state index is 11.1. The normalized spacial score (nSPS) is 12.7. The van der Waals surface area contributed by atoms with Crippen LogP contribution in [0, 0.1) is 17.3 Å². The van der Waals surface area contributed by atoms with Crippen molar-refractivity contribution in [3.63, 3.8) is 0 Å². The van der Waals surface area contributed by atoms with E-state index < -0.39 is 11.4 Å². The second-order valence-electron chi connectivity index (χ2n) is 7.15. The largest absolute Gasteiger partial charge is 0.481 e.